The molecule has 0 aliphatic carbocycles. The Morgan fingerprint density at radius 2 is 1.75 bits per heavy atom. The second-order valence-corrected chi connectivity index (χ2v) is 3.64. The molecule has 1 heteroatoms. The van der Waals surface area contributed by atoms with Gasteiger partial charge in [-0.05, 0) is 39.8 Å². The van der Waals surface area contributed by atoms with Crippen LogP contribution in [-0.4, -0.2) is 24.5 Å². The summed E-state index contributed by atoms with van der Waals surface area (Å²) in [6, 6.07) is 0. The molecule has 0 bridgehead atoms. The number of likely N-dealkylation sites (tertiary alicyclic amines) is 1. The fourth-order valence-electron chi connectivity index (χ4n) is 1.45. The molecule has 72 valence electrons. The van der Waals surface area contributed by atoms with Crippen LogP contribution in [0.1, 0.15) is 40.5 Å². The van der Waals surface area contributed by atoms with Crippen molar-refractivity contribution in [1.29, 1.82) is 0 Å². The lowest BCUT2D eigenvalue weighted by Gasteiger charge is -2.25. The maximum Gasteiger partial charge on any atom is 0.0165 e. The van der Waals surface area contributed by atoms with E-state index in [1.54, 1.807) is 0 Å². The maximum absolute atomic E-state index is 2.54. The smallest absolute Gasteiger partial charge is 0.0165 e. The van der Waals surface area contributed by atoms with Crippen molar-refractivity contribution in [1.82, 2.24) is 4.90 Å². The number of rotatable bonds is 2. The molecule has 0 aromatic rings. The van der Waals surface area contributed by atoms with Crippen molar-refractivity contribution in [3.8, 4) is 0 Å². The van der Waals surface area contributed by atoms with Crippen LogP contribution in [0.3, 0.4) is 0 Å². The lowest BCUT2D eigenvalue weighted by atomic mass is 10.1. The van der Waals surface area contributed by atoms with E-state index in [9.17, 15) is 0 Å². The molecule has 0 amide bonds. The van der Waals surface area contributed by atoms with Gasteiger partial charge in [-0.1, -0.05) is 25.5 Å². The van der Waals surface area contributed by atoms with Crippen LogP contribution in [0.2, 0.25) is 0 Å². The van der Waals surface area contributed by atoms with Crippen LogP contribution in [0.25, 0.3) is 0 Å². The zero-order chi connectivity index (χ0) is 8.10. The molecule has 0 spiro atoms. The Hall–Kier alpha value is -0.300. The Kier molecular flexibility index (Phi) is 6.09. The van der Waals surface area contributed by atoms with E-state index in [-0.39, 0.29) is 7.43 Å². The van der Waals surface area contributed by atoms with Crippen molar-refractivity contribution >= 4 is 0 Å². The van der Waals surface area contributed by atoms with Gasteiger partial charge in [0.1, 0.15) is 0 Å². The Labute approximate surface area is 77.5 Å². The summed E-state index contributed by atoms with van der Waals surface area (Å²) >= 11 is 0. The average Bonchev–Trinajstić information content (AvgIpc) is 2.03. The number of piperidine rings is 1. The monoisotopic (exact) mass is 169 g/mol. The van der Waals surface area contributed by atoms with Gasteiger partial charge in [-0.3, -0.25) is 4.90 Å². The highest BCUT2D eigenvalue weighted by atomic mass is 15.1. The molecule has 1 saturated heterocycles. The van der Waals surface area contributed by atoms with E-state index < -0.39 is 0 Å². The van der Waals surface area contributed by atoms with Gasteiger partial charge < -0.3 is 0 Å². The Morgan fingerprint density at radius 1 is 1.17 bits per heavy atom. The predicted octanol–water partition coefficient (Wildman–Crippen LogP) is 3.07. The Morgan fingerprint density at radius 3 is 2.25 bits per heavy atom. The first kappa shape index (κ1) is 11.7. The van der Waals surface area contributed by atoms with Gasteiger partial charge in [0.15, 0.2) is 0 Å². The van der Waals surface area contributed by atoms with Gasteiger partial charge in [-0.25, -0.2) is 0 Å². The van der Waals surface area contributed by atoms with Gasteiger partial charge in [0.2, 0.25) is 0 Å². The molecule has 0 aromatic heterocycles. The maximum atomic E-state index is 2.54. The zero-order valence-corrected chi connectivity index (χ0v) is 7.77. The third kappa shape index (κ3) is 4.55. The molecule has 0 aromatic carbocycles. The molecule has 1 aliphatic rings. The molecule has 0 saturated carbocycles. The van der Waals surface area contributed by atoms with Crippen molar-refractivity contribution in [2.24, 2.45) is 0 Å². The van der Waals surface area contributed by atoms with E-state index in [4.69, 9.17) is 0 Å². The third-order valence-corrected chi connectivity index (χ3v) is 2.21. The minimum atomic E-state index is 0. The average molecular weight is 169 g/mol. The first-order valence-electron chi connectivity index (χ1n) is 4.65. The number of hydrogen-bond acceptors (Lipinski definition) is 1. The van der Waals surface area contributed by atoms with E-state index in [1.165, 1.54) is 44.5 Å². The van der Waals surface area contributed by atoms with Crippen LogP contribution in [0.4, 0.5) is 0 Å². The fourth-order valence-corrected chi connectivity index (χ4v) is 1.45. The lowest BCUT2D eigenvalue weighted by Crippen LogP contribution is -2.29. The second-order valence-electron chi connectivity index (χ2n) is 3.64. The summed E-state index contributed by atoms with van der Waals surface area (Å²) in [5.74, 6) is 0. The SMILES string of the molecule is C.CC(C)=CCN1CCCCC1. The first-order valence-corrected chi connectivity index (χ1v) is 4.65. The van der Waals surface area contributed by atoms with E-state index >= 15 is 0 Å². The molecule has 0 radical (unpaired) electrons. The Balaban J connectivity index is 0.00000121. The predicted molar refractivity (Wildman–Crippen MR) is 56.5 cm³/mol. The Bertz CT molecular complexity index is 128. The molecular weight excluding hydrogens is 146 g/mol. The highest BCUT2D eigenvalue weighted by Crippen LogP contribution is 2.08. The normalized spacial score (nSPS) is 18.2. The van der Waals surface area contributed by atoms with E-state index in [0.29, 0.717) is 0 Å². The highest BCUT2D eigenvalue weighted by Gasteiger charge is 2.07. The second kappa shape index (κ2) is 6.24. The molecule has 0 atom stereocenters. The van der Waals surface area contributed by atoms with Crippen LogP contribution in [0.5, 0.6) is 0 Å². The van der Waals surface area contributed by atoms with E-state index in [1.807, 2.05) is 0 Å². The molecule has 1 rings (SSSR count). The minimum Gasteiger partial charge on any atom is -0.300 e. The van der Waals surface area contributed by atoms with Crippen LogP contribution in [-0.2, 0) is 0 Å². The summed E-state index contributed by atoms with van der Waals surface area (Å²) in [4.78, 5) is 2.54. The van der Waals surface area contributed by atoms with Crippen molar-refractivity contribution in [2.75, 3.05) is 19.6 Å². The molecule has 1 aliphatic heterocycles. The largest absolute Gasteiger partial charge is 0.300 e. The lowest BCUT2D eigenvalue weighted by molar-refractivity contribution is 0.251. The van der Waals surface area contributed by atoms with E-state index in [2.05, 4.69) is 24.8 Å². The number of allylic oxidation sites excluding steroid dienone is 1. The summed E-state index contributed by atoms with van der Waals surface area (Å²) in [5.41, 5.74) is 1.44. The molecule has 1 nitrogen and oxygen atoms in total. The summed E-state index contributed by atoms with van der Waals surface area (Å²) in [7, 11) is 0. The third-order valence-electron chi connectivity index (χ3n) is 2.21. The van der Waals surface area contributed by atoms with Crippen molar-refractivity contribution < 1.29 is 0 Å². The van der Waals surface area contributed by atoms with Crippen molar-refractivity contribution in [2.45, 2.75) is 40.5 Å². The van der Waals surface area contributed by atoms with Crippen LogP contribution in [0, 0.1) is 0 Å². The van der Waals surface area contributed by atoms with Gasteiger partial charge >= 0.3 is 0 Å². The van der Waals surface area contributed by atoms with Crippen molar-refractivity contribution in [3.05, 3.63) is 11.6 Å². The molecule has 0 N–H and O–H groups in total. The van der Waals surface area contributed by atoms with Gasteiger partial charge in [0, 0.05) is 6.54 Å². The first-order chi connectivity index (χ1) is 5.29. The molecule has 12 heavy (non-hydrogen) atoms. The summed E-state index contributed by atoms with van der Waals surface area (Å²) in [5, 5.41) is 0. The van der Waals surface area contributed by atoms with Crippen molar-refractivity contribution in [3.63, 3.8) is 0 Å². The van der Waals surface area contributed by atoms with Crippen LogP contribution < -0.4 is 0 Å². The van der Waals surface area contributed by atoms with Crippen LogP contribution >= 0.6 is 0 Å². The van der Waals surface area contributed by atoms with E-state index in [0.717, 1.165) is 0 Å². The fraction of sp³-hybridized carbons (Fsp3) is 0.818. The molecular formula is C11H23N. The summed E-state index contributed by atoms with van der Waals surface area (Å²) < 4.78 is 0. The molecule has 1 fully saturated rings. The summed E-state index contributed by atoms with van der Waals surface area (Å²) in [6.45, 7) is 8.13. The minimum absolute atomic E-state index is 0. The standard InChI is InChI=1S/C10H19N.CH4/c1-10(2)6-9-11-7-4-3-5-8-11;/h6H,3-5,7-9H2,1-2H3;1H4. The van der Waals surface area contributed by atoms with Crippen LogP contribution in [0.15, 0.2) is 11.6 Å². The quantitative estimate of drug-likeness (QED) is 0.574. The van der Waals surface area contributed by atoms with Gasteiger partial charge in [-0.2, -0.15) is 0 Å². The summed E-state index contributed by atoms with van der Waals surface area (Å²) in [6.07, 6.45) is 6.56. The number of nitrogens with zero attached hydrogens (tertiary/aromatic N) is 1. The molecule has 1 heterocycles. The molecule has 0 unspecified atom stereocenters. The topological polar surface area (TPSA) is 3.24 Å². The van der Waals surface area contributed by atoms with Gasteiger partial charge in [0.25, 0.3) is 0 Å². The number of hydrogen-bond donors (Lipinski definition) is 0. The van der Waals surface area contributed by atoms with Gasteiger partial charge in [-0.15, -0.1) is 0 Å². The van der Waals surface area contributed by atoms with Gasteiger partial charge in [0.05, 0.1) is 0 Å². The zero-order valence-electron chi connectivity index (χ0n) is 7.77. The highest BCUT2D eigenvalue weighted by molar-refractivity contribution is 4.95.